The van der Waals surface area contributed by atoms with E-state index in [2.05, 4.69) is 5.32 Å². The van der Waals surface area contributed by atoms with Gasteiger partial charge in [-0.2, -0.15) is 0 Å². The molecule has 0 spiro atoms. The average molecular weight is 381 g/mol. The summed E-state index contributed by atoms with van der Waals surface area (Å²) in [5, 5.41) is 12.5. The van der Waals surface area contributed by atoms with Crippen LogP contribution in [0.5, 0.6) is 0 Å². The predicted octanol–water partition coefficient (Wildman–Crippen LogP) is 2.81. The quantitative estimate of drug-likeness (QED) is 0.822. The third kappa shape index (κ3) is 4.36. The van der Waals surface area contributed by atoms with Crippen LogP contribution in [0.2, 0.25) is 5.02 Å². The summed E-state index contributed by atoms with van der Waals surface area (Å²) in [6, 6.07) is 5.91. The number of rotatable bonds is 5. The van der Waals surface area contributed by atoms with Crippen molar-refractivity contribution < 1.29 is 19.5 Å². The highest BCUT2D eigenvalue weighted by molar-refractivity contribution is 6.33. The summed E-state index contributed by atoms with van der Waals surface area (Å²) in [6.07, 6.45) is 1.16. The second-order valence-electron chi connectivity index (χ2n) is 7.40. The number of carbonyl (C=O) groups excluding carboxylic acids is 2. The highest BCUT2D eigenvalue weighted by atomic mass is 35.5. The third-order valence-corrected chi connectivity index (χ3v) is 5.19. The van der Waals surface area contributed by atoms with Gasteiger partial charge in [-0.15, -0.1) is 0 Å². The van der Waals surface area contributed by atoms with E-state index in [1.807, 2.05) is 13.8 Å². The monoisotopic (exact) mass is 380 g/mol. The van der Waals surface area contributed by atoms with E-state index in [9.17, 15) is 19.5 Å². The van der Waals surface area contributed by atoms with E-state index in [0.29, 0.717) is 30.0 Å². The van der Waals surface area contributed by atoms with Gasteiger partial charge in [0.2, 0.25) is 5.91 Å². The first-order chi connectivity index (χ1) is 12.2. The lowest BCUT2D eigenvalue weighted by molar-refractivity contribution is -0.154. The Morgan fingerprint density at radius 2 is 1.92 bits per heavy atom. The highest BCUT2D eigenvalue weighted by Gasteiger charge is 2.41. The van der Waals surface area contributed by atoms with Crippen LogP contribution in [-0.2, 0) is 9.59 Å². The molecule has 1 aromatic carbocycles. The van der Waals surface area contributed by atoms with Crippen LogP contribution in [-0.4, -0.2) is 46.9 Å². The molecule has 0 aromatic heterocycles. The molecule has 1 saturated heterocycles. The zero-order valence-electron chi connectivity index (χ0n) is 15.3. The minimum atomic E-state index is -0.956. The second-order valence-corrected chi connectivity index (χ2v) is 7.81. The van der Waals surface area contributed by atoms with E-state index >= 15 is 0 Å². The number of benzene rings is 1. The van der Waals surface area contributed by atoms with Crippen LogP contribution in [0.25, 0.3) is 0 Å². The van der Waals surface area contributed by atoms with E-state index in [1.165, 1.54) is 0 Å². The molecule has 1 heterocycles. The number of carboxylic acids is 1. The molecule has 142 valence electrons. The van der Waals surface area contributed by atoms with Crippen LogP contribution < -0.4 is 5.32 Å². The fraction of sp³-hybridized carbons (Fsp3) is 0.526. The molecule has 2 N–H and O–H groups in total. The molecule has 2 unspecified atom stereocenters. The van der Waals surface area contributed by atoms with Gasteiger partial charge in [0, 0.05) is 13.1 Å². The summed E-state index contributed by atoms with van der Waals surface area (Å²) in [5.41, 5.74) is -0.649. The van der Waals surface area contributed by atoms with Crippen molar-refractivity contribution in [2.24, 2.45) is 11.3 Å². The minimum Gasteiger partial charge on any atom is -0.481 e. The van der Waals surface area contributed by atoms with Gasteiger partial charge in [-0.1, -0.05) is 37.6 Å². The van der Waals surface area contributed by atoms with Crippen LogP contribution in [0.1, 0.15) is 44.0 Å². The maximum Gasteiger partial charge on any atom is 0.311 e. The van der Waals surface area contributed by atoms with Crippen molar-refractivity contribution in [3.8, 4) is 0 Å². The van der Waals surface area contributed by atoms with Gasteiger partial charge in [0.05, 0.1) is 16.0 Å². The lowest BCUT2D eigenvalue weighted by Gasteiger charge is -2.39. The van der Waals surface area contributed by atoms with Gasteiger partial charge < -0.3 is 15.3 Å². The van der Waals surface area contributed by atoms with E-state index in [4.69, 9.17) is 11.6 Å². The van der Waals surface area contributed by atoms with Gasteiger partial charge in [-0.3, -0.25) is 14.4 Å². The number of hydrogen-bond acceptors (Lipinski definition) is 3. The van der Waals surface area contributed by atoms with Crippen molar-refractivity contribution in [1.29, 1.82) is 0 Å². The summed E-state index contributed by atoms with van der Waals surface area (Å²) < 4.78 is 0. The van der Waals surface area contributed by atoms with E-state index < -0.39 is 23.3 Å². The van der Waals surface area contributed by atoms with Crippen LogP contribution >= 0.6 is 11.6 Å². The Balaban J connectivity index is 2.16. The van der Waals surface area contributed by atoms with E-state index in [-0.39, 0.29) is 18.4 Å². The van der Waals surface area contributed by atoms with Gasteiger partial charge >= 0.3 is 5.97 Å². The van der Waals surface area contributed by atoms with Gasteiger partial charge in [0.15, 0.2) is 0 Å². The first kappa shape index (κ1) is 20.2. The molecule has 0 radical (unpaired) electrons. The average Bonchev–Trinajstić information content (AvgIpc) is 2.59. The molecule has 0 aliphatic carbocycles. The van der Waals surface area contributed by atoms with E-state index in [1.54, 1.807) is 36.1 Å². The van der Waals surface area contributed by atoms with Crippen LogP contribution in [0.15, 0.2) is 24.3 Å². The van der Waals surface area contributed by atoms with Gasteiger partial charge in [0.1, 0.15) is 6.04 Å². The normalized spacial score (nSPS) is 21.3. The number of carbonyl (C=O) groups is 3. The number of nitrogens with zero attached hydrogens (tertiary/aromatic N) is 1. The lowest BCUT2D eigenvalue weighted by Crippen LogP contribution is -2.56. The first-order valence-corrected chi connectivity index (χ1v) is 9.11. The number of likely N-dealkylation sites (tertiary alicyclic amines) is 1. The number of aliphatic carboxylic acids is 1. The molecule has 26 heavy (non-hydrogen) atoms. The fourth-order valence-electron chi connectivity index (χ4n) is 3.18. The molecule has 2 atom stereocenters. The first-order valence-electron chi connectivity index (χ1n) is 8.73. The largest absolute Gasteiger partial charge is 0.481 e. The summed E-state index contributed by atoms with van der Waals surface area (Å²) in [6.45, 7) is 5.98. The Morgan fingerprint density at radius 1 is 1.27 bits per heavy atom. The Hall–Kier alpha value is -2.08. The van der Waals surface area contributed by atoms with Crippen LogP contribution in [0, 0.1) is 11.3 Å². The summed E-state index contributed by atoms with van der Waals surface area (Å²) in [4.78, 5) is 38.6. The molecule has 6 nitrogen and oxygen atoms in total. The van der Waals surface area contributed by atoms with Crippen molar-refractivity contribution >= 4 is 29.4 Å². The van der Waals surface area contributed by atoms with Crippen molar-refractivity contribution in [3.63, 3.8) is 0 Å². The Bertz CT molecular complexity index is 707. The van der Waals surface area contributed by atoms with Crippen molar-refractivity contribution in [1.82, 2.24) is 10.2 Å². The number of hydrogen-bond donors (Lipinski definition) is 2. The van der Waals surface area contributed by atoms with Crippen molar-refractivity contribution in [2.75, 3.05) is 13.1 Å². The Morgan fingerprint density at radius 3 is 2.50 bits per heavy atom. The molecule has 2 rings (SSSR count). The highest BCUT2D eigenvalue weighted by Crippen LogP contribution is 2.30. The maximum absolute atomic E-state index is 13.0. The summed E-state index contributed by atoms with van der Waals surface area (Å²) in [5.74, 6) is -1.73. The maximum atomic E-state index is 13.0. The molecule has 1 aliphatic heterocycles. The SMILES string of the molecule is CC(C)C(NC(=O)c1ccccc1Cl)C(=O)N1CCCC(C)(C(=O)O)C1. The molecule has 2 amide bonds. The number of amides is 2. The smallest absolute Gasteiger partial charge is 0.311 e. The summed E-state index contributed by atoms with van der Waals surface area (Å²) >= 11 is 6.06. The predicted molar refractivity (Wildman–Crippen MR) is 99.1 cm³/mol. The zero-order chi connectivity index (χ0) is 19.5. The molecular formula is C19H25ClN2O4. The van der Waals surface area contributed by atoms with Gasteiger partial charge in [-0.25, -0.2) is 0 Å². The topological polar surface area (TPSA) is 86.7 Å². The summed E-state index contributed by atoms with van der Waals surface area (Å²) in [7, 11) is 0. The van der Waals surface area contributed by atoms with Crippen molar-refractivity contribution in [3.05, 3.63) is 34.9 Å². The Kier molecular flexibility index (Phi) is 6.29. The van der Waals surface area contributed by atoms with Gasteiger partial charge in [0.25, 0.3) is 5.91 Å². The van der Waals surface area contributed by atoms with Gasteiger partial charge in [-0.05, 0) is 37.8 Å². The standard InChI is InChI=1S/C19H25ClN2O4/c1-12(2)15(21-16(23)13-7-4-5-8-14(13)20)17(24)22-10-6-9-19(3,11-22)18(25)26/h4-5,7-8,12,15H,6,9-11H2,1-3H3,(H,21,23)(H,25,26). The molecule has 0 saturated carbocycles. The third-order valence-electron chi connectivity index (χ3n) is 4.86. The number of halogens is 1. The molecular weight excluding hydrogens is 356 g/mol. The number of nitrogens with one attached hydrogen (secondary N) is 1. The number of piperidine rings is 1. The van der Waals surface area contributed by atoms with E-state index in [0.717, 1.165) is 0 Å². The molecule has 0 bridgehead atoms. The Labute approximate surface area is 158 Å². The zero-order valence-corrected chi connectivity index (χ0v) is 16.0. The lowest BCUT2D eigenvalue weighted by atomic mass is 9.81. The van der Waals surface area contributed by atoms with Crippen LogP contribution in [0.4, 0.5) is 0 Å². The molecule has 7 heteroatoms. The number of carboxylic acid groups (broad SMARTS) is 1. The molecule has 1 fully saturated rings. The molecule has 1 aromatic rings. The fourth-order valence-corrected chi connectivity index (χ4v) is 3.40. The van der Waals surface area contributed by atoms with Crippen molar-refractivity contribution in [2.45, 2.75) is 39.7 Å². The van der Waals surface area contributed by atoms with Crippen LogP contribution in [0.3, 0.4) is 0 Å². The minimum absolute atomic E-state index is 0.145. The molecule has 1 aliphatic rings. The second kappa shape index (κ2) is 8.08.